The van der Waals surface area contributed by atoms with Crippen molar-refractivity contribution in [3.8, 4) is 0 Å². The zero-order valence-corrected chi connectivity index (χ0v) is 18.8. The summed E-state index contributed by atoms with van der Waals surface area (Å²) in [5, 5.41) is 3.80. The van der Waals surface area contributed by atoms with Crippen LogP contribution in [0.1, 0.15) is 19.4 Å². The van der Waals surface area contributed by atoms with Crippen LogP contribution in [0, 0.1) is 0 Å². The predicted molar refractivity (Wildman–Crippen MR) is 126 cm³/mol. The lowest BCUT2D eigenvalue weighted by molar-refractivity contribution is -0.118. The molecule has 162 valence electrons. The molecule has 0 bridgehead atoms. The van der Waals surface area contributed by atoms with E-state index in [1.807, 2.05) is 42.5 Å². The number of thioether (sulfide) groups is 1. The van der Waals surface area contributed by atoms with Gasteiger partial charge in [-0.3, -0.25) is 4.79 Å². The number of morpholine rings is 1. The Morgan fingerprint density at radius 1 is 1.03 bits per heavy atom. The van der Waals surface area contributed by atoms with Gasteiger partial charge in [0.05, 0.1) is 29.0 Å². The first-order chi connectivity index (χ1) is 15.1. The van der Waals surface area contributed by atoms with Crippen molar-refractivity contribution >= 4 is 34.5 Å². The lowest BCUT2D eigenvalue weighted by atomic mass is 10.1. The van der Waals surface area contributed by atoms with Gasteiger partial charge in [-0.2, -0.15) is 0 Å². The Hall–Kier alpha value is -2.64. The normalized spacial score (nSPS) is 18.8. The Bertz CT molecular complexity index is 1020. The maximum Gasteiger partial charge on any atom is 0.230 e. The molecule has 0 unspecified atom stereocenters. The van der Waals surface area contributed by atoms with Crippen LogP contribution in [0.3, 0.4) is 0 Å². The Morgan fingerprint density at radius 3 is 2.39 bits per heavy atom. The average Bonchev–Trinajstić information content (AvgIpc) is 2.77. The maximum atomic E-state index is 12.4. The molecule has 2 heterocycles. The minimum Gasteiger partial charge on any atom is -0.372 e. The van der Waals surface area contributed by atoms with E-state index in [0.717, 1.165) is 41.4 Å². The highest BCUT2D eigenvalue weighted by Crippen LogP contribution is 2.30. The van der Waals surface area contributed by atoms with E-state index in [-0.39, 0.29) is 18.1 Å². The number of anilines is 1. The van der Waals surface area contributed by atoms with Gasteiger partial charge < -0.3 is 15.0 Å². The molecule has 1 amide bonds. The molecule has 7 heteroatoms. The summed E-state index contributed by atoms with van der Waals surface area (Å²) in [7, 11) is 0. The summed E-state index contributed by atoms with van der Waals surface area (Å²) in [5.41, 5.74) is 2.92. The van der Waals surface area contributed by atoms with Crippen molar-refractivity contribution in [1.82, 2.24) is 15.3 Å². The van der Waals surface area contributed by atoms with Crippen molar-refractivity contribution < 1.29 is 9.53 Å². The number of rotatable bonds is 7. The molecule has 1 fully saturated rings. The number of ether oxygens (including phenoxy) is 1. The lowest BCUT2D eigenvalue weighted by Gasteiger charge is -2.36. The molecule has 2 aromatic carbocycles. The summed E-state index contributed by atoms with van der Waals surface area (Å²) in [5.74, 6) is 1.15. The number of nitrogens with one attached hydrogen (secondary N) is 1. The number of aromatic nitrogens is 2. The highest BCUT2D eigenvalue weighted by atomic mass is 32.2. The number of carbonyl (C=O) groups excluding carboxylic acids is 1. The summed E-state index contributed by atoms with van der Waals surface area (Å²) in [6.07, 6.45) is 1.06. The third kappa shape index (κ3) is 5.74. The van der Waals surface area contributed by atoms with Gasteiger partial charge in [-0.05, 0) is 38.0 Å². The molecular weight excluding hydrogens is 408 g/mol. The van der Waals surface area contributed by atoms with E-state index in [1.54, 1.807) is 0 Å². The van der Waals surface area contributed by atoms with Crippen LogP contribution in [0.15, 0.2) is 59.6 Å². The third-order valence-electron chi connectivity index (χ3n) is 5.16. The number of fused-ring (bicyclic) bond motifs is 1. The van der Waals surface area contributed by atoms with Gasteiger partial charge in [-0.15, -0.1) is 0 Å². The first-order valence-corrected chi connectivity index (χ1v) is 11.7. The molecule has 4 rings (SSSR count). The Balaban J connectivity index is 1.44. The standard InChI is InChI=1S/C24H28N4O2S/c1-17-14-28(15-18(2)30-17)23-24(27-21-11-7-6-10-20(21)26-23)31-16-22(29)25-13-12-19-8-4-3-5-9-19/h3-11,17-18H,12-16H2,1-2H3,(H,25,29)/t17-,18-/m1/s1. The van der Waals surface area contributed by atoms with Crippen LogP contribution in [-0.2, 0) is 16.0 Å². The lowest BCUT2D eigenvalue weighted by Crippen LogP contribution is -2.46. The summed E-state index contributed by atoms with van der Waals surface area (Å²) in [4.78, 5) is 24.4. The van der Waals surface area contributed by atoms with E-state index in [9.17, 15) is 4.79 Å². The molecule has 2 atom stereocenters. The zero-order chi connectivity index (χ0) is 21.6. The van der Waals surface area contributed by atoms with Crippen molar-refractivity contribution in [1.29, 1.82) is 0 Å². The molecule has 0 radical (unpaired) electrons. The highest BCUT2D eigenvalue weighted by Gasteiger charge is 2.26. The first kappa shape index (κ1) is 21.6. The highest BCUT2D eigenvalue weighted by molar-refractivity contribution is 8.00. The predicted octanol–water partition coefficient (Wildman–Crippen LogP) is 3.69. The molecule has 1 aliphatic rings. The quantitative estimate of drug-likeness (QED) is 0.570. The summed E-state index contributed by atoms with van der Waals surface area (Å²) >= 11 is 1.44. The molecule has 0 aliphatic carbocycles. The first-order valence-electron chi connectivity index (χ1n) is 10.7. The minimum atomic E-state index is 0.00514. The number of hydrogen-bond acceptors (Lipinski definition) is 6. The molecule has 3 aromatic rings. The summed E-state index contributed by atoms with van der Waals surface area (Å²) < 4.78 is 5.88. The van der Waals surface area contributed by atoms with E-state index in [0.29, 0.717) is 12.3 Å². The van der Waals surface area contributed by atoms with Crippen LogP contribution >= 0.6 is 11.8 Å². The fourth-order valence-corrected chi connectivity index (χ4v) is 4.64. The topological polar surface area (TPSA) is 67.4 Å². The number of amides is 1. The largest absolute Gasteiger partial charge is 0.372 e. The number of hydrogen-bond donors (Lipinski definition) is 1. The fourth-order valence-electron chi connectivity index (χ4n) is 3.80. The third-order valence-corrected chi connectivity index (χ3v) is 6.11. The van der Waals surface area contributed by atoms with Crippen LogP contribution < -0.4 is 10.2 Å². The SMILES string of the molecule is C[C@@H]1CN(c2nc3ccccc3nc2SCC(=O)NCCc2ccccc2)C[C@@H](C)O1. The van der Waals surface area contributed by atoms with Gasteiger partial charge in [0.15, 0.2) is 5.82 Å². The molecule has 1 saturated heterocycles. The zero-order valence-electron chi connectivity index (χ0n) is 18.0. The van der Waals surface area contributed by atoms with Gasteiger partial charge >= 0.3 is 0 Å². The van der Waals surface area contributed by atoms with Gasteiger partial charge in [0.2, 0.25) is 5.91 Å². The second kappa shape index (κ2) is 10.1. The Morgan fingerprint density at radius 2 is 1.68 bits per heavy atom. The Labute approximate surface area is 187 Å². The van der Waals surface area contributed by atoms with E-state index in [4.69, 9.17) is 14.7 Å². The number of carbonyl (C=O) groups is 1. The molecular formula is C24H28N4O2S. The van der Waals surface area contributed by atoms with Gasteiger partial charge in [-0.25, -0.2) is 9.97 Å². The van der Waals surface area contributed by atoms with Crippen LogP contribution in [-0.4, -0.2) is 53.5 Å². The van der Waals surface area contributed by atoms with E-state index >= 15 is 0 Å². The molecule has 1 N–H and O–H groups in total. The maximum absolute atomic E-state index is 12.4. The molecule has 1 aliphatic heterocycles. The molecule has 1 aromatic heterocycles. The van der Waals surface area contributed by atoms with Crippen LogP contribution in [0.25, 0.3) is 11.0 Å². The Kier molecular flexibility index (Phi) is 7.04. The van der Waals surface area contributed by atoms with Crippen LogP contribution in [0.5, 0.6) is 0 Å². The number of benzene rings is 2. The number of nitrogens with zero attached hydrogens (tertiary/aromatic N) is 3. The van der Waals surface area contributed by atoms with Gasteiger partial charge in [0, 0.05) is 19.6 Å². The smallest absolute Gasteiger partial charge is 0.230 e. The molecule has 6 nitrogen and oxygen atoms in total. The van der Waals surface area contributed by atoms with Gasteiger partial charge in [0.1, 0.15) is 5.03 Å². The van der Waals surface area contributed by atoms with Gasteiger partial charge in [-0.1, -0.05) is 54.2 Å². The molecule has 0 saturated carbocycles. The minimum absolute atomic E-state index is 0.00514. The average molecular weight is 437 g/mol. The second-order valence-corrected chi connectivity index (χ2v) is 8.84. The van der Waals surface area contributed by atoms with Crippen molar-refractivity contribution in [2.24, 2.45) is 0 Å². The molecule has 31 heavy (non-hydrogen) atoms. The van der Waals surface area contributed by atoms with Crippen molar-refractivity contribution in [3.05, 3.63) is 60.2 Å². The van der Waals surface area contributed by atoms with Crippen LogP contribution in [0.4, 0.5) is 5.82 Å². The van der Waals surface area contributed by atoms with E-state index in [2.05, 4.69) is 36.2 Å². The van der Waals surface area contributed by atoms with Crippen LogP contribution in [0.2, 0.25) is 0 Å². The number of para-hydroxylation sites is 2. The molecule has 0 spiro atoms. The fraction of sp³-hybridized carbons (Fsp3) is 0.375. The van der Waals surface area contributed by atoms with E-state index in [1.165, 1.54) is 17.3 Å². The van der Waals surface area contributed by atoms with Crippen molar-refractivity contribution in [3.63, 3.8) is 0 Å². The monoisotopic (exact) mass is 436 g/mol. The van der Waals surface area contributed by atoms with Crippen molar-refractivity contribution in [2.45, 2.75) is 37.5 Å². The van der Waals surface area contributed by atoms with Crippen molar-refractivity contribution in [2.75, 3.05) is 30.3 Å². The second-order valence-electron chi connectivity index (χ2n) is 7.88. The summed E-state index contributed by atoms with van der Waals surface area (Å²) in [6.45, 7) is 6.29. The van der Waals surface area contributed by atoms with Gasteiger partial charge in [0.25, 0.3) is 0 Å². The van der Waals surface area contributed by atoms with E-state index < -0.39 is 0 Å². The summed E-state index contributed by atoms with van der Waals surface area (Å²) in [6, 6.07) is 18.0.